The van der Waals surface area contributed by atoms with Gasteiger partial charge in [-0.1, -0.05) is 46.3 Å². The van der Waals surface area contributed by atoms with Crippen LogP contribution in [0.15, 0.2) is 59.1 Å². The van der Waals surface area contributed by atoms with Gasteiger partial charge in [-0.3, -0.25) is 0 Å². The standard InChI is InChI=1S/C18H16BrN3/c19-14-6-8-15(9-7-14)22-18-16(10-11-20-18)17(21-22)12-13-4-2-1-3-5-13/h1-9,20H,10-12H2. The van der Waals surface area contributed by atoms with Gasteiger partial charge < -0.3 is 5.32 Å². The summed E-state index contributed by atoms with van der Waals surface area (Å²) in [5.41, 5.74) is 4.92. The largest absolute Gasteiger partial charge is 0.369 e. The Morgan fingerprint density at radius 3 is 2.59 bits per heavy atom. The lowest BCUT2D eigenvalue weighted by molar-refractivity contribution is 0.839. The minimum Gasteiger partial charge on any atom is -0.369 e. The van der Waals surface area contributed by atoms with Crippen molar-refractivity contribution in [3.8, 4) is 5.69 Å². The summed E-state index contributed by atoms with van der Waals surface area (Å²) in [6.45, 7) is 0.992. The molecule has 3 nitrogen and oxygen atoms in total. The van der Waals surface area contributed by atoms with Gasteiger partial charge in [0.05, 0.1) is 11.4 Å². The van der Waals surface area contributed by atoms with Gasteiger partial charge in [0.25, 0.3) is 0 Å². The number of nitrogens with one attached hydrogen (secondary N) is 1. The zero-order chi connectivity index (χ0) is 14.9. The van der Waals surface area contributed by atoms with Crippen LogP contribution in [0.1, 0.15) is 16.8 Å². The molecular formula is C18H16BrN3. The fourth-order valence-electron chi connectivity index (χ4n) is 2.95. The number of nitrogens with zero attached hydrogens (tertiary/aromatic N) is 2. The summed E-state index contributed by atoms with van der Waals surface area (Å²) in [6, 6.07) is 18.8. The molecule has 0 atom stereocenters. The van der Waals surface area contributed by atoms with Gasteiger partial charge in [0.1, 0.15) is 5.82 Å². The van der Waals surface area contributed by atoms with Crippen LogP contribution < -0.4 is 5.32 Å². The van der Waals surface area contributed by atoms with Crippen LogP contribution in [0.3, 0.4) is 0 Å². The molecule has 110 valence electrons. The van der Waals surface area contributed by atoms with Gasteiger partial charge in [-0.2, -0.15) is 5.10 Å². The van der Waals surface area contributed by atoms with Gasteiger partial charge in [-0.25, -0.2) is 4.68 Å². The normalized spacial score (nSPS) is 13.0. The van der Waals surface area contributed by atoms with Gasteiger partial charge in [0.2, 0.25) is 0 Å². The quantitative estimate of drug-likeness (QED) is 0.764. The first-order chi connectivity index (χ1) is 10.8. The highest BCUT2D eigenvalue weighted by Gasteiger charge is 2.22. The van der Waals surface area contributed by atoms with Crippen LogP contribution in [0.25, 0.3) is 5.69 Å². The fraction of sp³-hybridized carbons (Fsp3) is 0.167. The summed E-state index contributed by atoms with van der Waals surface area (Å²) in [5, 5.41) is 8.34. The zero-order valence-electron chi connectivity index (χ0n) is 12.1. The van der Waals surface area contributed by atoms with E-state index in [0.29, 0.717) is 0 Å². The van der Waals surface area contributed by atoms with Gasteiger partial charge in [0.15, 0.2) is 0 Å². The number of fused-ring (bicyclic) bond motifs is 1. The molecule has 1 aromatic heterocycles. The smallest absolute Gasteiger partial charge is 0.133 e. The minimum atomic E-state index is 0.883. The maximum absolute atomic E-state index is 4.87. The maximum atomic E-state index is 4.87. The lowest BCUT2D eigenvalue weighted by Gasteiger charge is -2.06. The highest BCUT2D eigenvalue weighted by Crippen LogP contribution is 2.30. The van der Waals surface area contributed by atoms with Crippen LogP contribution in [0.2, 0.25) is 0 Å². The van der Waals surface area contributed by atoms with E-state index in [0.717, 1.165) is 35.4 Å². The molecule has 0 amide bonds. The fourth-order valence-corrected chi connectivity index (χ4v) is 3.21. The molecule has 3 aromatic rings. The lowest BCUT2D eigenvalue weighted by Crippen LogP contribution is -2.05. The number of halogens is 1. The number of aromatic nitrogens is 2. The highest BCUT2D eigenvalue weighted by molar-refractivity contribution is 9.10. The third kappa shape index (κ3) is 2.44. The van der Waals surface area contributed by atoms with Crippen molar-refractivity contribution < 1.29 is 0 Å². The number of benzene rings is 2. The van der Waals surface area contributed by atoms with Gasteiger partial charge in [0, 0.05) is 23.0 Å². The third-order valence-electron chi connectivity index (χ3n) is 4.02. The van der Waals surface area contributed by atoms with E-state index >= 15 is 0 Å². The Hall–Kier alpha value is -2.07. The van der Waals surface area contributed by atoms with Crippen molar-refractivity contribution in [1.82, 2.24) is 9.78 Å². The SMILES string of the molecule is Brc1ccc(-n2nc(Cc3ccccc3)c3c2NCC3)cc1. The first kappa shape index (κ1) is 13.6. The third-order valence-corrected chi connectivity index (χ3v) is 4.55. The molecule has 1 aliphatic heterocycles. The van der Waals surface area contributed by atoms with Crippen LogP contribution in [0.5, 0.6) is 0 Å². The van der Waals surface area contributed by atoms with Crippen LogP contribution in [-0.2, 0) is 12.8 Å². The maximum Gasteiger partial charge on any atom is 0.133 e. The molecule has 4 rings (SSSR count). The molecule has 0 bridgehead atoms. The second-order valence-electron chi connectivity index (χ2n) is 5.50. The van der Waals surface area contributed by atoms with Crippen LogP contribution in [0.4, 0.5) is 5.82 Å². The summed E-state index contributed by atoms with van der Waals surface area (Å²) in [6.07, 6.45) is 1.93. The number of anilines is 1. The van der Waals surface area contributed by atoms with Crippen molar-refractivity contribution >= 4 is 21.7 Å². The number of hydrogen-bond donors (Lipinski definition) is 1. The van der Waals surface area contributed by atoms with Gasteiger partial charge >= 0.3 is 0 Å². The minimum absolute atomic E-state index is 0.883. The number of rotatable bonds is 3. The molecule has 1 N–H and O–H groups in total. The predicted octanol–water partition coefficient (Wildman–Crippen LogP) is 4.19. The Labute approximate surface area is 138 Å². The molecule has 0 aliphatic carbocycles. The molecule has 0 unspecified atom stereocenters. The number of hydrogen-bond acceptors (Lipinski definition) is 2. The zero-order valence-corrected chi connectivity index (χ0v) is 13.7. The Bertz CT molecular complexity index is 791. The van der Waals surface area contributed by atoms with Gasteiger partial charge in [-0.15, -0.1) is 0 Å². The Balaban J connectivity index is 1.75. The first-order valence-electron chi connectivity index (χ1n) is 7.46. The van der Waals surface area contributed by atoms with E-state index in [4.69, 9.17) is 5.10 Å². The van der Waals surface area contributed by atoms with Crippen molar-refractivity contribution in [2.45, 2.75) is 12.8 Å². The second-order valence-corrected chi connectivity index (χ2v) is 6.42. The molecule has 4 heteroatoms. The topological polar surface area (TPSA) is 29.9 Å². The monoisotopic (exact) mass is 353 g/mol. The average molecular weight is 354 g/mol. The van der Waals surface area contributed by atoms with E-state index < -0.39 is 0 Å². The summed E-state index contributed by atoms with van der Waals surface area (Å²) >= 11 is 3.48. The second kappa shape index (κ2) is 5.61. The molecule has 0 radical (unpaired) electrons. The van der Waals surface area contributed by atoms with Crippen molar-refractivity contribution in [3.05, 3.63) is 75.9 Å². The summed E-state index contributed by atoms with van der Waals surface area (Å²) in [7, 11) is 0. The molecule has 1 aliphatic rings. The van der Waals surface area contributed by atoms with Crippen molar-refractivity contribution in [2.75, 3.05) is 11.9 Å². The summed E-state index contributed by atoms with van der Waals surface area (Å²) < 4.78 is 3.12. The van der Waals surface area contributed by atoms with E-state index in [2.05, 4.69) is 75.8 Å². The summed E-state index contributed by atoms with van der Waals surface area (Å²) in [4.78, 5) is 0. The molecule has 0 saturated carbocycles. The molecule has 0 spiro atoms. The van der Waals surface area contributed by atoms with Crippen molar-refractivity contribution in [1.29, 1.82) is 0 Å². The predicted molar refractivity (Wildman–Crippen MR) is 92.7 cm³/mol. The molecule has 22 heavy (non-hydrogen) atoms. The highest BCUT2D eigenvalue weighted by atomic mass is 79.9. The molecular weight excluding hydrogens is 338 g/mol. The molecule has 0 fully saturated rings. The van der Waals surface area contributed by atoms with Crippen molar-refractivity contribution in [3.63, 3.8) is 0 Å². The Morgan fingerprint density at radius 2 is 1.82 bits per heavy atom. The van der Waals surface area contributed by atoms with E-state index in [9.17, 15) is 0 Å². The van der Waals surface area contributed by atoms with Crippen molar-refractivity contribution in [2.24, 2.45) is 0 Å². The lowest BCUT2D eigenvalue weighted by atomic mass is 10.1. The Morgan fingerprint density at radius 1 is 1.05 bits per heavy atom. The molecule has 0 saturated heterocycles. The van der Waals surface area contributed by atoms with E-state index in [1.807, 2.05) is 4.68 Å². The van der Waals surface area contributed by atoms with E-state index in [-0.39, 0.29) is 0 Å². The average Bonchev–Trinajstić information content (AvgIpc) is 3.13. The molecule has 2 aromatic carbocycles. The molecule has 2 heterocycles. The Kier molecular flexibility index (Phi) is 3.47. The van der Waals surface area contributed by atoms with Crippen LogP contribution in [-0.4, -0.2) is 16.3 Å². The first-order valence-corrected chi connectivity index (χ1v) is 8.25. The van der Waals surface area contributed by atoms with Crippen LogP contribution in [0, 0.1) is 0 Å². The van der Waals surface area contributed by atoms with E-state index in [1.165, 1.54) is 16.8 Å². The van der Waals surface area contributed by atoms with E-state index in [1.54, 1.807) is 0 Å². The van der Waals surface area contributed by atoms with Crippen LogP contribution >= 0.6 is 15.9 Å². The van der Waals surface area contributed by atoms with Gasteiger partial charge in [-0.05, 0) is 36.2 Å². The summed E-state index contributed by atoms with van der Waals surface area (Å²) in [5.74, 6) is 1.15.